The van der Waals surface area contributed by atoms with Crippen LogP contribution in [0.4, 0.5) is 23.2 Å². The summed E-state index contributed by atoms with van der Waals surface area (Å²) in [7, 11) is 0. The molecule has 0 N–H and O–H groups in total. The topological polar surface area (TPSA) is 56.6 Å². The van der Waals surface area contributed by atoms with Gasteiger partial charge in [0, 0.05) is 49.8 Å². The maximum Gasteiger partial charge on any atom is 0.417 e. The van der Waals surface area contributed by atoms with Crippen LogP contribution >= 0.6 is 0 Å². The predicted octanol–water partition coefficient (Wildman–Crippen LogP) is 4.65. The zero-order chi connectivity index (χ0) is 25.2. The number of hydrogen-bond donors (Lipinski definition) is 0. The largest absolute Gasteiger partial charge is 0.417 e. The first-order chi connectivity index (χ1) is 16.6. The SMILES string of the molecule is CCOCC12CCN(c3ccc(C#N)c(C(F)(F)F)c3)CC1CN(C(=O)Cc1cccc(F)c1)C2. The second-order valence-corrected chi connectivity index (χ2v) is 9.31. The monoisotopic (exact) mass is 489 g/mol. The van der Waals surface area contributed by atoms with Crippen LogP contribution in [-0.2, 0) is 22.1 Å². The summed E-state index contributed by atoms with van der Waals surface area (Å²) in [4.78, 5) is 16.7. The van der Waals surface area contributed by atoms with Crippen molar-refractivity contribution in [2.24, 2.45) is 11.3 Å². The molecule has 0 spiro atoms. The van der Waals surface area contributed by atoms with Crippen molar-refractivity contribution in [2.75, 3.05) is 44.3 Å². The second kappa shape index (κ2) is 9.86. The molecule has 4 rings (SSSR count). The molecule has 0 radical (unpaired) electrons. The van der Waals surface area contributed by atoms with Gasteiger partial charge in [0.1, 0.15) is 5.82 Å². The van der Waals surface area contributed by atoms with Gasteiger partial charge < -0.3 is 14.5 Å². The highest BCUT2D eigenvalue weighted by molar-refractivity contribution is 5.79. The number of rotatable bonds is 6. The van der Waals surface area contributed by atoms with Crippen molar-refractivity contribution in [1.29, 1.82) is 5.26 Å². The Labute approximate surface area is 201 Å². The van der Waals surface area contributed by atoms with E-state index >= 15 is 0 Å². The Morgan fingerprint density at radius 1 is 1.23 bits per heavy atom. The van der Waals surface area contributed by atoms with Crippen molar-refractivity contribution >= 4 is 11.6 Å². The molecule has 0 aliphatic carbocycles. The van der Waals surface area contributed by atoms with Crippen LogP contribution in [0.25, 0.3) is 0 Å². The molecule has 2 heterocycles. The highest BCUT2D eigenvalue weighted by Gasteiger charge is 2.51. The summed E-state index contributed by atoms with van der Waals surface area (Å²) in [6.07, 6.45) is -3.88. The van der Waals surface area contributed by atoms with Crippen molar-refractivity contribution in [3.63, 3.8) is 0 Å². The minimum Gasteiger partial charge on any atom is -0.381 e. The number of benzene rings is 2. The summed E-state index contributed by atoms with van der Waals surface area (Å²) in [5.74, 6) is -0.496. The Balaban J connectivity index is 1.54. The van der Waals surface area contributed by atoms with E-state index in [2.05, 4.69) is 0 Å². The fourth-order valence-electron chi connectivity index (χ4n) is 5.24. The average molecular weight is 490 g/mol. The minimum atomic E-state index is -4.62. The van der Waals surface area contributed by atoms with E-state index in [1.54, 1.807) is 29.2 Å². The maximum absolute atomic E-state index is 13.6. The highest BCUT2D eigenvalue weighted by Crippen LogP contribution is 2.45. The number of ether oxygens (including phenoxy) is 1. The lowest BCUT2D eigenvalue weighted by Gasteiger charge is -2.44. The zero-order valence-corrected chi connectivity index (χ0v) is 19.4. The lowest BCUT2D eigenvalue weighted by atomic mass is 9.73. The standard InChI is InChI=1S/C26H27F4N3O2/c1-2-35-17-25-8-9-32(22-7-6-19(13-31)23(12-22)26(28,29)30)14-20(25)15-33(16-25)24(34)11-18-4-3-5-21(27)10-18/h3-7,10,12,20H,2,8-9,11,14-17H2,1H3. The van der Waals surface area contributed by atoms with Crippen LogP contribution in [-0.4, -0.2) is 50.2 Å². The molecular weight excluding hydrogens is 462 g/mol. The summed E-state index contributed by atoms with van der Waals surface area (Å²) >= 11 is 0. The molecule has 2 unspecified atom stereocenters. The van der Waals surface area contributed by atoms with Crippen molar-refractivity contribution in [3.8, 4) is 6.07 Å². The van der Waals surface area contributed by atoms with Gasteiger partial charge in [-0.05, 0) is 49.2 Å². The van der Waals surface area contributed by atoms with Crippen molar-refractivity contribution in [1.82, 2.24) is 4.90 Å². The Kier molecular flexibility index (Phi) is 7.04. The van der Waals surface area contributed by atoms with Crippen LogP contribution in [0, 0.1) is 28.5 Å². The Morgan fingerprint density at radius 3 is 2.71 bits per heavy atom. The number of anilines is 1. The first kappa shape index (κ1) is 25.0. The molecule has 2 aliphatic rings. The van der Waals surface area contributed by atoms with Gasteiger partial charge in [0.15, 0.2) is 0 Å². The number of alkyl halides is 3. The number of likely N-dealkylation sites (tertiary alicyclic amines) is 1. The molecule has 0 saturated carbocycles. The molecule has 0 aromatic heterocycles. The number of hydrogen-bond acceptors (Lipinski definition) is 4. The van der Waals surface area contributed by atoms with Crippen LogP contribution in [0.15, 0.2) is 42.5 Å². The molecule has 2 saturated heterocycles. The molecule has 2 aromatic rings. The fraction of sp³-hybridized carbons (Fsp3) is 0.462. The van der Waals surface area contributed by atoms with E-state index in [4.69, 9.17) is 10.00 Å². The van der Waals surface area contributed by atoms with Gasteiger partial charge in [-0.1, -0.05) is 12.1 Å². The van der Waals surface area contributed by atoms with Gasteiger partial charge >= 0.3 is 6.18 Å². The van der Waals surface area contributed by atoms with Crippen molar-refractivity contribution in [2.45, 2.75) is 25.9 Å². The summed E-state index contributed by atoms with van der Waals surface area (Å²) in [5, 5.41) is 9.09. The van der Waals surface area contributed by atoms with Crippen LogP contribution in [0.2, 0.25) is 0 Å². The van der Waals surface area contributed by atoms with Crippen LogP contribution in [0.1, 0.15) is 30.0 Å². The summed E-state index contributed by atoms with van der Waals surface area (Å²) < 4.78 is 59.8. The van der Waals surface area contributed by atoms with Crippen molar-refractivity contribution in [3.05, 3.63) is 65.0 Å². The van der Waals surface area contributed by atoms with Gasteiger partial charge in [-0.15, -0.1) is 0 Å². The molecule has 2 aromatic carbocycles. The maximum atomic E-state index is 13.6. The van der Waals surface area contributed by atoms with E-state index in [-0.39, 0.29) is 23.7 Å². The number of carbonyl (C=O) groups is 1. The molecule has 5 nitrogen and oxygen atoms in total. The predicted molar refractivity (Wildman–Crippen MR) is 122 cm³/mol. The third-order valence-electron chi connectivity index (χ3n) is 7.12. The van der Waals surface area contributed by atoms with E-state index in [0.717, 1.165) is 6.07 Å². The van der Waals surface area contributed by atoms with Gasteiger partial charge in [-0.3, -0.25) is 4.79 Å². The Bertz CT molecular complexity index is 1130. The van der Waals surface area contributed by atoms with Crippen LogP contribution in [0.5, 0.6) is 0 Å². The third-order valence-corrected chi connectivity index (χ3v) is 7.12. The normalized spacial score (nSPS) is 22.1. The Hall–Kier alpha value is -3.12. The summed E-state index contributed by atoms with van der Waals surface area (Å²) in [6, 6.07) is 11.4. The van der Waals surface area contributed by atoms with Gasteiger partial charge in [0.2, 0.25) is 5.91 Å². The van der Waals surface area contributed by atoms with E-state index < -0.39 is 23.1 Å². The lowest BCUT2D eigenvalue weighted by molar-refractivity contribution is -0.137. The molecule has 2 aliphatic heterocycles. The summed E-state index contributed by atoms with van der Waals surface area (Å²) in [5.41, 5.74) is -0.627. The molecule has 186 valence electrons. The lowest BCUT2D eigenvalue weighted by Crippen LogP contribution is -2.49. The van der Waals surface area contributed by atoms with Gasteiger partial charge in [0.05, 0.1) is 30.2 Å². The van der Waals surface area contributed by atoms with Gasteiger partial charge in [-0.25, -0.2) is 4.39 Å². The molecule has 2 atom stereocenters. The van der Waals surface area contributed by atoms with Crippen molar-refractivity contribution < 1.29 is 27.1 Å². The minimum absolute atomic E-state index is 0.00393. The first-order valence-electron chi connectivity index (χ1n) is 11.6. The molecule has 9 heteroatoms. The van der Waals surface area contributed by atoms with Crippen LogP contribution < -0.4 is 4.90 Å². The molecular formula is C26H27F4N3O2. The number of carbonyl (C=O) groups excluding carboxylic acids is 1. The first-order valence-corrected chi connectivity index (χ1v) is 11.6. The van der Waals surface area contributed by atoms with E-state index in [9.17, 15) is 22.4 Å². The van der Waals surface area contributed by atoms with Crippen LogP contribution in [0.3, 0.4) is 0 Å². The number of nitriles is 1. The molecule has 1 amide bonds. The second-order valence-electron chi connectivity index (χ2n) is 9.31. The number of piperidine rings is 1. The molecule has 35 heavy (non-hydrogen) atoms. The molecule has 2 fully saturated rings. The Morgan fingerprint density at radius 2 is 2.03 bits per heavy atom. The zero-order valence-electron chi connectivity index (χ0n) is 19.4. The number of nitrogens with zero attached hydrogens (tertiary/aromatic N) is 3. The van der Waals surface area contributed by atoms with E-state index in [0.29, 0.717) is 57.1 Å². The fourth-order valence-corrected chi connectivity index (χ4v) is 5.24. The number of fused-ring (bicyclic) bond motifs is 1. The third kappa shape index (κ3) is 5.27. The number of amides is 1. The van der Waals surface area contributed by atoms with Gasteiger partial charge in [-0.2, -0.15) is 18.4 Å². The van der Waals surface area contributed by atoms with Gasteiger partial charge in [0.25, 0.3) is 0 Å². The quantitative estimate of drug-likeness (QED) is 0.555. The highest BCUT2D eigenvalue weighted by atomic mass is 19.4. The molecule has 0 bridgehead atoms. The summed E-state index contributed by atoms with van der Waals surface area (Å²) in [6.45, 7) is 4.84. The number of halogens is 4. The van der Waals surface area contributed by atoms with E-state index in [1.807, 2.05) is 11.8 Å². The average Bonchev–Trinajstić information content (AvgIpc) is 3.21. The van der Waals surface area contributed by atoms with E-state index in [1.165, 1.54) is 18.2 Å². The smallest absolute Gasteiger partial charge is 0.381 e.